The molecule has 0 aromatic heterocycles. The number of carbonyl (C=O) groups excluding carboxylic acids is 1. The summed E-state index contributed by atoms with van der Waals surface area (Å²) >= 11 is 0. The van der Waals surface area contributed by atoms with E-state index in [0.717, 1.165) is 12.8 Å². The second-order valence-electron chi connectivity index (χ2n) is 7.97. The maximum absolute atomic E-state index is 11.4. The van der Waals surface area contributed by atoms with Crippen molar-refractivity contribution in [2.24, 2.45) is 0 Å². The molecule has 160 valence electrons. The van der Waals surface area contributed by atoms with Crippen molar-refractivity contribution >= 4 is 5.97 Å². The van der Waals surface area contributed by atoms with Crippen LogP contribution >= 0.6 is 0 Å². The van der Waals surface area contributed by atoms with Gasteiger partial charge in [0.2, 0.25) is 0 Å². The zero-order valence-corrected chi connectivity index (χ0v) is 18.6. The Hall–Kier alpha value is -0.790. The first-order valence-electron chi connectivity index (χ1n) is 12.1. The Kier molecular flexibility index (Phi) is 22.6. The average molecular weight is 381 g/mol. The van der Waals surface area contributed by atoms with Crippen LogP contribution in [0.25, 0.3) is 0 Å². The van der Waals surface area contributed by atoms with Crippen LogP contribution in [-0.4, -0.2) is 12.6 Å². The summed E-state index contributed by atoms with van der Waals surface area (Å²) in [5, 5.41) is 0. The standard InChI is InChI=1S/C25H48O2/c1-3-5-6-7-8-9-10-11-12-13-14-15-16-17-18-19-20-21-22-23-25(26)27-24-4-2/h13-14H,3-12,15-24H2,1-2H3. The fourth-order valence-corrected chi connectivity index (χ4v) is 3.34. The van der Waals surface area contributed by atoms with E-state index in [-0.39, 0.29) is 5.97 Å². The van der Waals surface area contributed by atoms with Crippen molar-refractivity contribution in [1.82, 2.24) is 0 Å². The van der Waals surface area contributed by atoms with Crippen molar-refractivity contribution < 1.29 is 9.53 Å². The van der Waals surface area contributed by atoms with Gasteiger partial charge in [-0.25, -0.2) is 0 Å². The second kappa shape index (κ2) is 23.2. The van der Waals surface area contributed by atoms with Crippen LogP contribution in [0.5, 0.6) is 0 Å². The third-order valence-corrected chi connectivity index (χ3v) is 5.11. The summed E-state index contributed by atoms with van der Waals surface area (Å²) in [5.74, 6) is -0.0180. The molecule has 0 N–H and O–H groups in total. The molecule has 0 radical (unpaired) electrons. The maximum Gasteiger partial charge on any atom is 0.305 e. The lowest BCUT2D eigenvalue weighted by Gasteiger charge is -2.03. The SMILES string of the molecule is CCCCCCCCCCC=CCCCCCCCCCC(=O)OCCC. The van der Waals surface area contributed by atoms with Crippen molar-refractivity contribution in [3.63, 3.8) is 0 Å². The molecule has 0 unspecified atom stereocenters. The van der Waals surface area contributed by atoms with E-state index in [2.05, 4.69) is 19.1 Å². The number of esters is 1. The van der Waals surface area contributed by atoms with Gasteiger partial charge in [0.05, 0.1) is 6.61 Å². The second-order valence-corrected chi connectivity index (χ2v) is 7.97. The lowest BCUT2D eigenvalue weighted by Crippen LogP contribution is -2.04. The summed E-state index contributed by atoms with van der Waals surface area (Å²) in [7, 11) is 0. The first-order chi connectivity index (χ1) is 13.3. The van der Waals surface area contributed by atoms with E-state index in [1.807, 2.05) is 6.92 Å². The summed E-state index contributed by atoms with van der Waals surface area (Å²) in [4.78, 5) is 11.4. The van der Waals surface area contributed by atoms with Gasteiger partial charge in [0.25, 0.3) is 0 Å². The number of ether oxygens (including phenoxy) is 1. The fourth-order valence-electron chi connectivity index (χ4n) is 3.34. The largest absolute Gasteiger partial charge is 0.466 e. The highest BCUT2D eigenvalue weighted by atomic mass is 16.5. The van der Waals surface area contributed by atoms with Gasteiger partial charge in [-0.3, -0.25) is 4.79 Å². The Labute approximate surface area is 170 Å². The van der Waals surface area contributed by atoms with Crippen LogP contribution in [0.15, 0.2) is 12.2 Å². The molecule has 0 aromatic rings. The Morgan fingerprint density at radius 2 is 1.04 bits per heavy atom. The molecule has 0 saturated heterocycles. The van der Waals surface area contributed by atoms with Crippen LogP contribution in [0.1, 0.15) is 136 Å². The van der Waals surface area contributed by atoms with Gasteiger partial charge in [0, 0.05) is 6.42 Å². The number of allylic oxidation sites excluding steroid dienone is 2. The number of hydrogen-bond acceptors (Lipinski definition) is 2. The molecule has 2 nitrogen and oxygen atoms in total. The van der Waals surface area contributed by atoms with E-state index >= 15 is 0 Å². The predicted molar refractivity (Wildman–Crippen MR) is 119 cm³/mol. The molecular formula is C25H48O2. The molecule has 0 aliphatic carbocycles. The first kappa shape index (κ1) is 26.2. The Morgan fingerprint density at radius 3 is 1.52 bits per heavy atom. The highest BCUT2D eigenvalue weighted by Gasteiger charge is 2.01. The van der Waals surface area contributed by atoms with Crippen LogP contribution < -0.4 is 0 Å². The van der Waals surface area contributed by atoms with Gasteiger partial charge in [-0.15, -0.1) is 0 Å². The molecule has 0 aliphatic rings. The van der Waals surface area contributed by atoms with Crippen molar-refractivity contribution in [2.45, 2.75) is 136 Å². The van der Waals surface area contributed by atoms with Crippen LogP contribution in [0.2, 0.25) is 0 Å². The fraction of sp³-hybridized carbons (Fsp3) is 0.880. The van der Waals surface area contributed by atoms with E-state index in [4.69, 9.17) is 4.74 Å². The molecule has 0 fully saturated rings. The first-order valence-corrected chi connectivity index (χ1v) is 12.1. The molecule has 0 amide bonds. The molecule has 0 saturated carbocycles. The van der Waals surface area contributed by atoms with Crippen molar-refractivity contribution in [2.75, 3.05) is 6.61 Å². The molecule has 0 heterocycles. The van der Waals surface area contributed by atoms with E-state index < -0.39 is 0 Å². The predicted octanol–water partition coefficient (Wildman–Crippen LogP) is 8.54. The van der Waals surface area contributed by atoms with Gasteiger partial charge >= 0.3 is 5.97 Å². The number of unbranched alkanes of at least 4 members (excludes halogenated alkanes) is 15. The number of hydrogen-bond donors (Lipinski definition) is 0. The molecule has 0 spiro atoms. The van der Waals surface area contributed by atoms with Gasteiger partial charge in [-0.05, 0) is 38.5 Å². The summed E-state index contributed by atoms with van der Waals surface area (Å²) in [6.07, 6.45) is 28.9. The molecule has 27 heavy (non-hydrogen) atoms. The highest BCUT2D eigenvalue weighted by molar-refractivity contribution is 5.69. The normalized spacial score (nSPS) is 11.3. The number of carbonyl (C=O) groups is 1. The molecule has 0 bridgehead atoms. The maximum atomic E-state index is 11.4. The smallest absolute Gasteiger partial charge is 0.305 e. The Balaban J connectivity index is 3.13. The van der Waals surface area contributed by atoms with E-state index in [1.165, 1.54) is 103 Å². The molecule has 0 aromatic carbocycles. The third kappa shape index (κ3) is 23.2. The van der Waals surface area contributed by atoms with Gasteiger partial charge in [-0.1, -0.05) is 103 Å². The molecule has 0 rings (SSSR count). The van der Waals surface area contributed by atoms with E-state index in [1.54, 1.807) is 0 Å². The topological polar surface area (TPSA) is 26.3 Å². The van der Waals surface area contributed by atoms with Gasteiger partial charge < -0.3 is 4.74 Å². The minimum Gasteiger partial charge on any atom is -0.466 e. The molecule has 0 atom stereocenters. The van der Waals surface area contributed by atoms with Crippen LogP contribution in [0.4, 0.5) is 0 Å². The Bertz CT molecular complexity index is 322. The van der Waals surface area contributed by atoms with Crippen LogP contribution in [0, 0.1) is 0 Å². The quantitative estimate of drug-likeness (QED) is 0.113. The minimum absolute atomic E-state index is 0.0180. The van der Waals surface area contributed by atoms with E-state index in [9.17, 15) is 4.79 Å². The average Bonchev–Trinajstić information content (AvgIpc) is 2.68. The van der Waals surface area contributed by atoms with Crippen molar-refractivity contribution in [3.8, 4) is 0 Å². The van der Waals surface area contributed by atoms with Crippen molar-refractivity contribution in [3.05, 3.63) is 12.2 Å². The minimum atomic E-state index is -0.0180. The zero-order valence-electron chi connectivity index (χ0n) is 18.6. The van der Waals surface area contributed by atoms with Crippen molar-refractivity contribution in [1.29, 1.82) is 0 Å². The van der Waals surface area contributed by atoms with Crippen LogP contribution in [-0.2, 0) is 9.53 Å². The van der Waals surface area contributed by atoms with Gasteiger partial charge in [0.15, 0.2) is 0 Å². The lowest BCUT2D eigenvalue weighted by molar-refractivity contribution is -0.143. The highest BCUT2D eigenvalue weighted by Crippen LogP contribution is 2.12. The van der Waals surface area contributed by atoms with Gasteiger partial charge in [-0.2, -0.15) is 0 Å². The van der Waals surface area contributed by atoms with Gasteiger partial charge in [0.1, 0.15) is 0 Å². The molecular weight excluding hydrogens is 332 g/mol. The summed E-state index contributed by atoms with van der Waals surface area (Å²) in [5.41, 5.74) is 0. The zero-order chi connectivity index (χ0) is 19.8. The Morgan fingerprint density at radius 1 is 0.593 bits per heavy atom. The summed E-state index contributed by atoms with van der Waals surface area (Å²) in [6.45, 7) is 4.89. The summed E-state index contributed by atoms with van der Waals surface area (Å²) in [6, 6.07) is 0. The molecule has 2 heteroatoms. The monoisotopic (exact) mass is 380 g/mol. The number of rotatable bonds is 21. The summed E-state index contributed by atoms with van der Waals surface area (Å²) < 4.78 is 5.08. The van der Waals surface area contributed by atoms with E-state index in [0.29, 0.717) is 13.0 Å². The third-order valence-electron chi connectivity index (χ3n) is 5.11. The lowest BCUT2D eigenvalue weighted by atomic mass is 10.1. The van der Waals surface area contributed by atoms with Crippen LogP contribution in [0.3, 0.4) is 0 Å². The molecule has 0 aliphatic heterocycles.